The largest absolute Gasteiger partial charge is 0.352 e. The van der Waals surface area contributed by atoms with Crippen molar-refractivity contribution in [2.75, 3.05) is 18.0 Å². The van der Waals surface area contributed by atoms with Crippen molar-refractivity contribution in [3.05, 3.63) is 17.5 Å². The second-order valence-corrected chi connectivity index (χ2v) is 4.16. The van der Waals surface area contributed by atoms with Gasteiger partial charge in [-0.2, -0.15) is 0 Å². The van der Waals surface area contributed by atoms with Crippen molar-refractivity contribution in [3.63, 3.8) is 0 Å². The highest BCUT2D eigenvalue weighted by Crippen LogP contribution is 2.23. The van der Waals surface area contributed by atoms with Crippen LogP contribution in [0.2, 0.25) is 5.15 Å². The number of anilines is 1. The molecule has 6 heteroatoms. The second kappa shape index (κ2) is 6.23. The minimum atomic E-state index is 0. The molecule has 4 nitrogen and oxygen atoms in total. The van der Waals surface area contributed by atoms with Gasteiger partial charge in [0.1, 0.15) is 17.3 Å². The lowest BCUT2D eigenvalue weighted by Gasteiger charge is -2.35. The van der Waals surface area contributed by atoms with Crippen molar-refractivity contribution < 1.29 is 0 Å². The Kier molecular flexibility index (Phi) is 5.25. The molecule has 0 aromatic carbocycles. The Morgan fingerprint density at radius 1 is 1.44 bits per heavy atom. The number of nitrogens with two attached hydrogens (primary N) is 1. The minimum Gasteiger partial charge on any atom is -0.352 e. The van der Waals surface area contributed by atoms with Gasteiger partial charge in [-0.1, -0.05) is 11.6 Å². The van der Waals surface area contributed by atoms with Crippen molar-refractivity contribution in [3.8, 4) is 0 Å². The fourth-order valence-corrected chi connectivity index (χ4v) is 2.17. The molecule has 0 radical (unpaired) electrons. The Morgan fingerprint density at radius 3 is 2.94 bits per heavy atom. The molecule has 90 valence electrons. The summed E-state index contributed by atoms with van der Waals surface area (Å²) in [6, 6.07) is 2.19. The Balaban J connectivity index is 0.00000128. The molecule has 1 fully saturated rings. The van der Waals surface area contributed by atoms with Crippen LogP contribution in [0, 0.1) is 0 Å². The van der Waals surface area contributed by atoms with Gasteiger partial charge >= 0.3 is 0 Å². The van der Waals surface area contributed by atoms with Crippen molar-refractivity contribution in [2.45, 2.75) is 25.3 Å². The maximum absolute atomic E-state index is 5.85. The van der Waals surface area contributed by atoms with E-state index in [-0.39, 0.29) is 12.4 Å². The van der Waals surface area contributed by atoms with Crippen LogP contribution in [-0.4, -0.2) is 29.1 Å². The topological polar surface area (TPSA) is 55.0 Å². The van der Waals surface area contributed by atoms with Gasteiger partial charge in [-0.15, -0.1) is 12.4 Å². The van der Waals surface area contributed by atoms with E-state index in [0.717, 1.165) is 18.8 Å². The molecule has 16 heavy (non-hydrogen) atoms. The zero-order valence-corrected chi connectivity index (χ0v) is 10.5. The lowest BCUT2D eigenvalue weighted by molar-refractivity contribution is 0.462. The average molecular weight is 263 g/mol. The second-order valence-electron chi connectivity index (χ2n) is 3.78. The SMILES string of the molecule is Cl.NCC1CCCCN1c1cc(Cl)ncn1. The van der Waals surface area contributed by atoms with Gasteiger partial charge in [-0.3, -0.25) is 0 Å². The van der Waals surface area contributed by atoms with Gasteiger partial charge in [0.25, 0.3) is 0 Å². The van der Waals surface area contributed by atoms with Crippen LogP contribution in [0.15, 0.2) is 12.4 Å². The van der Waals surface area contributed by atoms with Crippen LogP contribution in [0.4, 0.5) is 5.82 Å². The lowest BCUT2D eigenvalue weighted by Crippen LogP contribution is -2.44. The molecule has 1 atom stereocenters. The summed E-state index contributed by atoms with van der Waals surface area (Å²) in [6.07, 6.45) is 5.08. The third-order valence-electron chi connectivity index (χ3n) is 2.81. The van der Waals surface area contributed by atoms with E-state index in [9.17, 15) is 0 Å². The summed E-state index contributed by atoms with van der Waals surface area (Å²) in [7, 11) is 0. The lowest BCUT2D eigenvalue weighted by atomic mass is 10.0. The van der Waals surface area contributed by atoms with Gasteiger partial charge in [0.15, 0.2) is 0 Å². The number of aromatic nitrogens is 2. The predicted molar refractivity (Wildman–Crippen MR) is 68.3 cm³/mol. The molecule has 0 bridgehead atoms. The number of hydrogen-bond acceptors (Lipinski definition) is 4. The zero-order valence-electron chi connectivity index (χ0n) is 8.97. The molecule has 0 spiro atoms. The summed E-state index contributed by atoms with van der Waals surface area (Å²) in [5.74, 6) is 0.894. The monoisotopic (exact) mass is 262 g/mol. The van der Waals surface area contributed by atoms with E-state index in [4.69, 9.17) is 17.3 Å². The maximum atomic E-state index is 5.85. The van der Waals surface area contributed by atoms with Crippen molar-refractivity contribution in [1.29, 1.82) is 0 Å². The van der Waals surface area contributed by atoms with E-state index in [1.165, 1.54) is 19.2 Å². The molecule has 2 N–H and O–H groups in total. The molecule has 0 amide bonds. The maximum Gasteiger partial charge on any atom is 0.134 e. The smallest absolute Gasteiger partial charge is 0.134 e. The van der Waals surface area contributed by atoms with Crippen LogP contribution in [0.25, 0.3) is 0 Å². The van der Waals surface area contributed by atoms with Gasteiger partial charge in [0.05, 0.1) is 0 Å². The zero-order chi connectivity index (χ0) is 10.7. The Labute approximate surface area is 107 Å². The van der Waals surface area contributed by atoms with Gasteiger partial charge in [0.2, 0.25) is 0 Å². The van der Waals surface area contributed by atoms with E-state index in [1.807, 2.05) is 0 Å². The van der Waals surface area contributed by atoms with Crippen LogP contribution in [0.3, 0.4) is 0 Å². The number of halogens is 2. The average Bonchev–Trinajstić information content (AvgIpc) is 2.29. The van der Waals surface area contributed by atoms with Crippen LogP contribution >= 0.6 is 24.0 Å². The molecule has 2 rings (SSSR count). The number of rotatable bonds is 2. The molecule has 1 aromatic rings. The summed E-state index contributed by atoms with van der Waals surface area (Å²) >= 11 is 5.85. The summed E-state index contributed by atoms with van der Waals surface area (Å²) in [5.41, 5.74) is 5.75. The highest BCUT2D eigenvalue weighted by molar-refractivity contribution is 6.29. The molecule has 0 saturated carbocycles. The molecule has 1 aliphatic heterocycles. The predicted octanol–water partition coefficient (Wildman–Crippen LogP) is 1.87. The molecule has 1 aliphatic rings. The van der Waals surface area contributed by atoms with Gasteiger partial charge in [0, 0.05) is 25.2 Å². The molecule has 1 saturated heterocycles. The minimum absolute atomic E-state index is 0. The van der Waals surface area contributed by atoms with Gasteiger partial charge < -0.3 is 10.6 Å². The Bertz CT molecular complexity index is 334. The van der Waals surface area contributed by atoms with Crippen LogP contribution in [0.1, 0.15) is 19.3 Å². The number of piperidine rings is 1. The number of hydrogen-bond donors (Lipinski definition) is 1. The standard InChI is InChI=1S/C10H15ClN4.ClH/c11-9-5-10(14-7-13-9)15-4-2-1-3-8(15)6-12;/h5,7-8H,1-4,6,12H2;1H. The van der Waals surface area contributed by atoms with E-state index >= 15 is 0 Å². The summed E-state index contributed by atoms with van der Waals surface area (Å²) in [5, 5.41) is 0.487. The molecule has 0 aliphatic carbocycles. The van der Waals surface area contributed by atoms with Crippen molar-refractivity contribution in [1.82, 2.24) is 9.97 Å². The molecule has 2 heterocycles. The molecular formula is C10H16Cl2N4. The number of nitrogens with zero attached hydrogens (tertiary/aromatic N) is 3. The van der Waals surface area contributed by atoms with E-state index in [2.05, 4.69) is 14.9 Å². The van der Waals surface area contributed by atoms with Crippen LogP contribution < -0.4 is 10.6 Å². The third kappa shape index (κ3) is 2.97. The van der Waals surface area contributed by atoms with Crippen molar-refractivity contribution >= 4 is 29.8 Å². The highest BCUT2D eigenvalue weighted by Gasteiger charge is 2.22. The first-order valence-corrected chi connectivity index (χ1v) is 5.63. The first-order valence-electron chi connectivity index (χ1n) is 5.25. The van der Waals surface area contributed by atoms with E-state index < -0.39 is 0 Å². The normalized spacial score (nSPS) is 20.4. The van der Waals surface area contributed by atoms with E-state index in [1.54, 1.807) is 6.07 Å². The van der Waals surface area contributed by atoms with Gasteiger partial charge in [-0.25, -0.2) is 9.97 Å². The fraction of sp³-hybridized carbons (Fsp3) is 0.600. The first-order chi connectivity index (χ1) is 7.31. The Morgan fingerprint density at radius 2 is 2.25 bits per heavy atom. The van der Waals surface area contributed by atoms with Crippen molar-refractivity contribution in [2.24, 2.45) is 5.73 Å². The quantitative estimate of drug-likeness (QED) is 0.827. The molecule has 1 unspecified atom stereocenters. The van der Waals surface area contributed by atoms with Crippen LogP contribution in [-0.2, 0) is 0 Å². The molecular weight excluding hydrogens is 247 g/mol. The highest BCUT2D eigenvalue weighted by atomic mass is 35.5. The van der Waals surface area contributed by atoms with Crippen LogP contribution in [0.5, 0.6) is 0 Å². The summed E-state index contributed by atoms with van der Waals surface area (Å²) < 4.78 is 0. The summed E-state index contributed by atoms with van der Waals surface area (Å²) in [4.78, 5) is 10.4. The third-order valence-corrected chi connectivity index (χ3v) is 3.02. The molecule has 1 aromatic heterocycles. The van der Waals surface area contributed by atoms with E-state index in [0.29, 0.717) is 17.7 Å². The summed E-state index contributed by atoms with van der Waals surface area (Å²) in [6.45, 7) is 1.68. The first kappa shape index (κ1) is 13.5. The fourth-order valence-electron chi connectivity index (χ4n) is 2.03. The van der Waals surface area contributed by atoms with Gasteiger partial charge in [-0.05, 0) is 19.3 Å². The Hall–Kier alpha value is -0.580.